The Morgan fingerprint density at radius 2 is 2.00 bits per heavy atom. The second-order valence-corrected chi connectivity index (χ2v) is 4.79. The highest BCUT2D eigenvalue weighted by molar-refractivity contribution is 5.17. The van der Waals surface area contributed by atoms with Gasteiger partial charge in [0.15, 0.2) is 0 Å². The van der Waals surface area contributed by atoms with Crippen molar-refractivity contribution in [2.75, 3.05) is 13.2 Å². The Labute approximate surface area is 110 Å². The van der Waals surface area contributed by atoms with E-state index in [1.807, 2.05) is 19.9 Å². The smallest absolute Gasteiger partial charge is 0.216 e. The Kier molecular flexibility index (Phi) is 6.05. The van der Waals surface area contributed by atoms with Gasteiger partial charge in [-0.05, 0) is 26.3 Å². The average Bonchev–Trinajstić information content (AvgIpc) is 2.28. The molecule has 1 rings (SSSR count). The molecule has 0 saturated heterocycles. The Bertz CT molecular complexity index is 366. The van der Waals surface area contributed by atoms with E-state index in [4.69, 9.17) is 4.74 Å². The Hall–Kier alpha value is -1.16. The van der Waals surface area contributed by atoms with Crippen molar-refractivity contribution in [1.29, 1.82) is 0 Å². The van der Waals surface area contributed by atoms with E-state index in [-0.39, 0.29) is 0 Å². The summed E-state index contributed by atoms with van der Waals surface area (Å²) in [6.07, 6.45) is 0.912. The van der Waals surface area contributed by atoms with Crippen molar-refractivity contribution in [2.24, 2.45) is 5.92 Å². The maximum absolute atomic E-state index is 5.46. The van der Waals surface area contributed by atoms with Crippen LogP contribution in [0.3, 0.4) is 0 Å². The third kappa shape index (κ3) is 4.61. The monoisotopic (exact) mass is 251 g/mol. The van der Waals surface area contributed by atoms with E-state index in [1.165, 1.54) is 0 Å². The molecule has 102 valence electrons. The molecule has 0 fully saturated rings. The Balaban J connectivity index is 2.81. The third-order valence-electron chi connectivity index (χ3n) is 2.86. The molecule has 1 aromatic heterocycles. The van der Waals surface area contributed by atoms with Gasteiger partial charge in [-0.25, -0.2) is 4.98 Å². The van der Waals surface area contributed by atoms with E-state index < -0.39 is 0 Å². The zero-order chi connectivity index (χ0) is 13.5. The van der Waals surface area contributed by atoms with Crippen LogP contribution in [-0.4, -0.2) is 29.2 Å². The second-order valence-electron chi connectivity index (χ2n) is 4.79. The number of hydrogen-bond donors (Lipinski definition) is 1. The maximum atomic E-state index is 5.46. The summed E-state index contributed by atoms with van der Waals surface area (Å²) in [7, 11) is 0. The van der Waals surface area contributed by atoms with Crippen LogP contribution in [0, 0.1) is 12.8 Å². The van der Waals surface area contributed by atoms with Gasteiger partial charge >= 0.3 is 0 Å². The third-order valence-corrected chi connectivity index (χ3v) is 2.86. The van der Waals surface area contributed by atoms with Crippen LogP contribution in [0.4, 0.5) is 0 Å². The van der Waals surface area contributed by atoms with Crippen LogP contribution in [0.2, 0.25) is 0 Å². The molecule has 4 heteroatoms. The highest BCUT2D eigenvalue weighted by Gasteiger charge is 2.14. The Morgan fingerprint density at radius 3 is 2.56 bits per heavy atom. The summed E-state index contributed by atoms with van der Waals surface area (Å²) in [6, 6.07) is 2.39. The second kappa shape index (κ2) is 7.31. The van der Waals surface area contributed by atoms with Crippen molar-refractivity contribution in [1.82, 2.24) is 15.3 Å². The van der Waals surface area contributed by atoms with Gasteiger partial charge in [-0.15, -0.1) is 0 Å². The molecule has 1 atom stereocenters. The summed E-state index contributed by atoms with van der Waals surface area (Å²) < 4.78 is 5.46. The van der Waals surface area contributed by atoms with Crippen LogP contribution >= 0.6 is 0 Å². The predicted octanol–water partition coefficient (Wildman–Crippen LogP) is 2.36. The summed E-state index contributed by atoms with van der Waals surface area (Å²) in [4.78, 5) is 8.76. The molecule has 1 N–H and O–H groups in total. The van der Waals surface area contributed by atoms with Crippen molar-refractivity contribution in [3.63, 3.8) is 0 Å². The topological polar surface area (TPSA) is 47.0 Å². The molecule has 0 bridgehead atoms. The molecule has 1 unspecified atom stereocenters. The van der Waals surface area contributed by atoms with Gasteiger partial charge in [0.1, 0.15) is 5.82 Å². The molecular weight excluding hydrogens is 226 g/mol. The highest BCUT2D eigenvalue weighted by Crippen LogP contribution is 2.14. The molecule has 1 heterocycles. The summed E-state index contributed by atoms with van der Waals surface area (Å²) in [5.41, 5.74) is 1.05. The first-order valence-corrected chi connectivity index (χ1v) is 6.77. The number of nitrogens with one attached hydrogen (secondary N) is 1. The standard InChI is InChI=1S/C14H25N3O/c1-6-15-13(10(3)4)8-12-9-14(18-7-2)17-11(5)16-12/h9-10,13,15H,6-8H2,1-5H3. The molecule has 0 aliphatic heterocycles. The van der Waals surface area contributed by atoms with Crippen LogP contribution in [0.1, 0.15) is 39.2 Å². The fourth-order valence-corrected chi connectivity index (χ4v) is 1.96. The van der Waals surface area contributed by atoms with Crippen LogP contribution in [0.25, 0.3) is 0 Å². The molecule has 0 aromatic carbocycles. The van der Waals surface area contributed by atoms with Crippen molar-refractivity contribution >= 4 is 0 Å². The number of likely N-dealkylation sites (N-methyl/N-ethyl adjacent to an activating group) is 1. The van der Waals surface area contributed by atoms with Crippen molar-refractivity contribution in [3.05, 3.63) is 17.6 Å². The lowest BCUT2D eigenvalue weighted by Gasteiger charge is -2.21. The maximum Gasteiger partial charge on any atom is 0.216 e. The molecule has 4 nitrogen and oxygen atoms in total. The molecule has 0 amide bonds. The van der Waals surface area contributed by atoms with E-state index in [2.05, 4.69) is 36.1 Å². The molecular formula is C14H25N3O. The number of aryl methyl sites for hydroxylation is 1. The van der Waals surface area contributed by atoms with E-state index in [0.717, 1.165) is 24.5 Å². The number of rotatable bonds is 7. The summed E-state index contributed by atoms with van der Waals surface area (Å²) in [6.45, 7) is 12.1. The predicted molar refractivity (Wildman–Crippen MR) is 73.9 cm³/mol. The molecule has 0 radical (unpaired) electrons. The largest absolute Gasteiger partial charge is 0.478 e. The first kappa shape index (κ1) is 14.9. The van der Waals surface area contributed by atoms with E-state index >= 15 is 0 Å². The SMILES string of the molecule is CCNC(Cc1cc(OCC)nc(C)n1)C(C)C. The fourth-order valence-electron chi connectivity index (χ4n) is 1.96. The van der Waals surface area contributed by atoms with Gasteiger partial charge in [0.05, 0.1) is 6.61 Å². The number of aromatic nitrogens is 2. The number of ether oxygens (including phenoxy) is 1. The Morgan fingerprint density at radius 1 is 1.28 bits per heavy atom. The van der Waals surface area contributed by atoms with Gasteiger partial charge in [-0.1, -0.05) is 20.8 Å². The van der Waals surface area contributed by atoms with E-state index in [1.54, 1.807) is 0 Å². The molecule has 0 aliphatic rings. The molecule has 0 saturated carbocycles. The minimum absolute atomic E-state index is 0.443. The molecule has 1 aromatic rings. The fraction of sp³-hybridized carbons (Fsp3) is 0.714. The van der Waals surface area contributed by atoms with Gasteiger partial charge in [-0.2, -0.15) is 4.98 Å². The summed E-state index contributed by atoms with van der Waals surface area (Å²) >= 11 is 0. The normalized spacial score (nSPS) is 12.8. The van der Waals surface area contributed by atoms with Crippen molar-refractivity contribution < 1.29 is 4.74 Å². The minimum atomic E-state index is 0.443. The van der Waals surface area contributed by atoms with E-state index in [0.29, 0.717) is 24.4 Å². The molecule has 0 aliphatic carbocycles. The number of nitrogens with zero attached hydrogens (tertiary/aromatic N) is 2. The van der Waals surface area contributed by atoms with Crippen molar-refractivity contribution in [2.45, 2.75) is 47.1 Å². The lowest BCUT2D eigenvalue weighted by molar-refractivity contribution is 0.323. The van der Waals surface area contributed by atoms with Gasteiger partial charge < -0.3 is 10.1 Å². The van der Waals surface area contributed by atoms with E-state index in [9.17, 15) is 0 Å². The highest BCUT2D eigenvalue weighted by atomic mass is 16.5. The lowest BCUT2D eigenvalue weighted by atomic mass is 9.99. The van der Waals surface area contributed by atoms with Crippen LogP contribution in [-0.2, 0) is 6.42 Å². The first-order chi connectivity index (χ1) is 8.56. The first-order valence-electron chi connectivity index (χ1n) is 6.77. The van der Waals surface area contributed by atoms with Crippen LogP contribution < -0.4 is 10.1 Å². The zero-order valence-electron chi connectivity index (χ0n) is 12.2. The quantitative estimate of drug-likeness (QED) is 0.808. The van der Waals surface area contributed by atoms with Crippen LogP contribution in [0.5, 0.6) is 5.88 Å². The molecule has 18 heavy (non-hydrogen) atoms. The zero-order valence-corrected chi connectivity index (χ0v) is 12.2. The summed E-state index contributed by atoms with van der Waals surface area (Å²) in [5.74, 6) is 2.03. The van der Waals surface area contributed by atoms with Gasteiger partial charge in [0, 0.05) is 24.2 Å². The van der Waals surface area contributed by atoms with Gasteiger partial charge in [-0.3, -0.25) is 0 Å². The van der Waals surface area contributed by atoms with Gasteiger partial charge in [0.25, 0.3) is 0 Å². The van der Waals surface area contributed by atoms with Crippen LogP contribution in [0.15, 0.2) is 6.07 Å². The summed E-state index contributed by atoms with van der Waals surface area (Å²) in [5, 5.41) is 3.50. The van der Waals surface area contributed by atoms with Gasteiger partial charge in [0.2, 0.25) is 5.88 Å². The minimum Gasteiger partial charge on any atom is -0.478 e. The van der Waals surface area contributed by atoms with Crippen molar-refractivity contribution in [3.8, 4) is 5.88 Å². The lowest BCUT2D eigenvalue weighted by Crippen LogP contribution is -2.35. The molecule has 0 spiro atoms. The average molecular weight is 251 g/mol. The number of hydrogen-bond acceptors (Lipinski definition) is 4.